The Hall–Kier alpha value is -0.800. The van der Waals surface area contributed by atoms with E-state index in [1.165, 1.54) is 18.2 Å². The molecule has 5 heteroatoms. The number of amides is 1. The maximum atomic E-state index is 13.7. The molecule has 1 heterocycles. The highest BCUT2D eigenvalue weighted by Crippen LogP contribution is 2.24. The summed E-state index contributed by atoms with van der Waals surface area (Å²) >= 11 is 11.7. The van der Waals surface area contributed by atoms with Crippen LogP contribution in [0.3, 0.4) is 0 Å². The number of alkyl halides is 1. The van der Waals surface area contributed by atoms with Gasteiger partial charge in [-0.15, -0.1) is 11.6 Å². The third-order valence-electron chi connectivity index (χ3n) is 3.20. The van der Waals surface area contributed by atoms with E-state index in [1.807, 2.05) is 0 Å². The lowest BCUT2D eigenvalue weighted by atomic mass is 9.99. The van der Waals surface area contributed by atoms with Gasteiger partial charge in [0.25, 0.3) is 5.91 Å². The van der Waals surface area contributed by atoms with Gasteiger partial charge in [-0.3, -0.25) is 4.79 Å². The predicted octanol–water partition coefficient (Wildman–Crippen LogP) is 3.57. The average Bonchev–Trinajstić information content (AvgIpc) is 2.38. The topological polar surface area (TPSA) is 20.3 Å². The zero-order chi connectivity index (χ0) is 13.1. The van der Waals surface area contributed by atoms with Crippen LogP contribution < -0.4 is 0 Å². The van der Waals surface area contributed by atoms with Gasteiger partial charge in [-0.2, -0.15) is 0 Å². The van der Waals surface area contributed by atoms with Gasteiger partial charge in [-0.05, 0) is 30.9 Å². The van der Waals surface area contributed by atoms with E-state index >= 15 is 0 Å². The number of hydrogen-bond acceptors (Lipinski definition) is 1. The molecule has 0 spiro atoms. The summed E-state index contributed by atoms with van der Waals surface area (Å²) in [6.45, 7) is 1.21. The van der Waals surface area contributed by atoms with Crippen LogP contribution in [0.2, 0.25) is 5.02 Å². The van der Waals surface area contributed by atoms with E-state index < -0.39 is 5.82 Å². The average molecular weight is 290 g/mol. The lowest BCUT2D eigenvalue weighted by Crippen LogP contribution is -2.40. The fourth-order valence-corrected chi connectivity index (χ4v) is 2.73. The molecule has 1 fully saturated rings. The number of piperidine rings is 1. The molecule has 1 aromatic rings. The maximum Gasteiger partial charge on any atom is 0.258 e. The third-order valence-corrected chi connectivity index (χ3v) is 3.95. The molecule has 1 aromatic carbocycles. The van der Waals surface area contributed by atoms with E-state index in [1.54, 1.807) is 4.90 Å². The second-order valence-corrected chi connectivity index (χ2v) is 5.23. The van der Waals surface area contributed by atoms with Crippen molar-refractivity contribution < 1.29 is 9.18 Å². The van der Waals surface area contributed by atoms with Gasteiger partial charge >= 0.3 is 0 Å². The number of rotatable bonds is 2. The summed E-state index contributed by atoms with van der Waals surface area (Å²) in [6.07, 6.45) is 1.91. The standard InChI is InChI=1S/C13H14Cl2FNO/c14-7-9-3-2-6-17(8-9)13(18)12-10(15)4-1-5-11(12)16/h1,4-5,9H,2-3,6-8H2. The summed E-state index contributed by atoms with van der Waals surface area (Å²) in [7, 11) is 0. The SMILES string of the molecule is O=C(c1c(F)cccc1Cl)N1CCCC(CCl)C1. The minimum Gasteiger partial charge on any atom is -0.338 e. The largest absolute Gasteiger partial charge is 0.338 e. The Labute approximate surface area is 116 Å². The van der Waals surface area contributed by atoms with Gasteiger partial charge in [-0.25, -0.2) is 4.39 Å². The molecule has 1 saturated heterocycles. The minimum atomic E-state index is -0.569. The molecule has 0 N–H and O–H groups in total. The molecule has 0 radical (unpaired) electrons. The molecule has 1 atom stereocenters. The summed E-state index contributed by atoms with van der Waals surface area (Å²) in [5.74, 6) is -0.0993. The molecule has 0 saturated carbocycles. The lowest BCUT2D eigenvalue weighted by molar-refractivity contribution is 0.0680. The third kappa shape index (κ3) is 2.78. The minimum absolute atomic E-state index is 0.0330. The predicted molar refractivity (Wildman–Crippen MR) is 70.8 cm³/mol. The normalized spacial score (nSPS) is 19.9. The maximum absolute atomic E-state index is 13.7. The summed E-state index contributed by atoms with van der Waals surface area (Å²) in [6, 6.07) is 4.27. The fraction of sp³-hybridized carbons (Fsp3) is 0.462. The molecule has 0 aromatic heterocycles. The first-order valence-electron chi connectivity index (χ1n) is 5.92. The van der Waals surface area contributed by atoms with Crippen LogP contribution in [-0.2, 0) is 0 Å². The Morgan fingerprint density at radius 1 is 1.50 bits per heavy atom. The van der Waals surface area contributed by atoms with Crippen molar-refractivity contribution in [3.05, 3.63) is 34.6 Å². The Bertz CT molecular complexity index is 432. The summed E-state index contributed by atoms with van der Waals surface area (Å²) in [5, 5.41) is 0.160. The number of benzene rings is 1. The quantitative estimate of drug-likeness (QED) is 0.762. The molecule has 98 valence electrons. The van der Waals surface area contributed by atoms with E-state index in [0.717, 1.165) is 12.8 Å². The first kappa shape index (κ1) is 13.6. The van der Waals surface area contributed by atoms with Crippen LogP contribution in [0.4, 0.5) is 4.39 Å². The zero-order valence-electron chi connectivity index (χ0n) is 9.83. The van der Waals surface area contributed by atoms with Crippen molar-refractivity contribution in [2.24, 2.45) is 5.92 Å². The summed E-state index contributed by atoms with van der Waals surface area (Å²) in [4.78, 5) is 13.9. The van der Waals surface area contributed by atoms with Crippen LogP contribution >= 0.6 is 23.2 Å². The van der Waals surface area contributed by atoms with Crippen molar-refractivity contribution in [1.29, 1.82) is 0 Å². The Morgan fingerprint density at radius 2 is 2.28 bits per heavy atom. The molecule has 1 amide bonds. The highest BCUT2D eigenvalue weighted by Gasteiger charge is 2.27. The molecule has 1 aliphatic rings. The van der Waals surface area contributed by atoms with Crippen molar-refractivity contribution >= 4 is 29.1 Å². The summed E-state index contributed by atoms with van der Waals surface area (Å²) in [5.41, 5.74) is -0.0330. The van der Waals surface area contributed by atoms with Crippen molar-refractivity contribution in [3.63, 3.8) is 0 Å². The van der Waals surface area contributed by atoms with Crippen LogP contribution in [0.5, 0.6) is 0 Å². The Morgan fingerprint density at radius 3 is 2.94 bits per heavy atom. The molecular weight excluding hydrogens is 276 g/mol. The van der Waals surface area contributed by atoms with Crippen molar-refractivity contribution in [1.82, 2.24) is 4.90 Å². The molecule has 2 rings (SSSR count). The van der Waals surface area contributed by atoms with Crippen LogP contribution in [0.25, 0.3) is 0 Å². The van der Waals surface area contributed by atoms with Gasteiger partial charge in [0.1, 0.15) is 5.82 Å². The smallest absolute Gasteiger partial charge is 0.258 e. The molecule has 1 unspecified atom stereocenters. The number of carbonyl (C=O) groups is 1. The molecule has 18 heavy (non-hydrogen) atoms. The van der Waals surface area contributed by atoms with Gasteiger partial charge in [-0.1, -0.05) is 17.7 Å². The van der Waals surface area contributed by atoms with Crippen LogP contribution in [0.1, 0.15) is 23.2 Å². The van der Waals surface area contributed by atoms with Gasteiger partial charge in [0.2, 0.25) is 0 Å². The van der Waals surface area contributed by atoms with E-state index in [9.17, 15) is 9.18 Å². The van der Waals surface area contributed by atoms with Gasteiger partial charge in [0, 0.05) is 19.0 Å². The molecule has 1 aliphatic heterocycles. The fourth-order valence-electron chi connectivity index (χ4n) is 2.24. The van der Waals surface area contributed by atoms with E-state index in [2.05, 4.69) is 0 Å². The van der Waals surface area contributed by atoms with Gasteiger partial charge in [0.15, 0.2) is 0 Å². The first-order valence-corrected chi connectivity index (χ1v) is 6.84. The van der Waals surface area contributed by atoms with Gasteiger partial charge in [0.05, 0.1) is 10.6 Å². The van der Waals surface area contributed by atoms with Crippen molar-refractivity contribution in [3.8, 4) is 0 Å². The Kier molecular flexibility index (Phi) is 4.46. The number of halogens is 3. The van der Waals surface area contributed by atoms with E-state index in [4.69, 9.17) is 23.2 Å². The van der Waals surface area contributed by atoms with Gasteiger partial charge < -0.3 is 4.90 Å². The molecule has 0 bridgehead atoms. The van der Waals surface area contributed by atoms with Crippen LogP contribution in [0, 0.1) is 11.7 Å². The first-order chi connectivity index (χ1) is 8.63. The molecule has 2 nitrogen and oxygen atoms in total. The second-order valence-electron chi connectivity index (χ2n) is 4.51. The van der Waals surface area contributed by atoms with Crippen LogP contribution in [-0.4, -0.2) is 29.8 Å². The number of nitrogens with zero attached hydrogens (tertiary/aromatic N) is 1. The van der Waals surface area contributed by atoms with Crippen LogP contribution in [0.15, 0.2) is 18.2 Å². The van der Waals surface area contributed by atoms with E-state index in [-0.39, 0.29) is 22.4 Å². The molecular formula is C13H14Cl2FNO. The number of likely N-dealkylation sites (tertiary alicyclic amines) is 1. The zero-order valence-corrected chi connectivity index (χ0v) is 11.3. The monoisotopic (exact) mass is 289 g/mol. The number of hydrogen-bond donors (Lipinski definition) is 0. The molecule has 0 aliphatic carbocycles. The van der Waals surface area contributed by atoms with Crippen molar-refractivity contribution in [2.45, 2.75) is 12.8 Å². The Balaban J connectivity index is 2.20. The van der Waals surface area contributed by atoms with Crippen molar-refractivity contribution in [2.75, 3.05) is 19.0 Å². The second kappa shape index (κ2) is 5.89. The number of carbonyl (C=O) groups excluding carboxylic acids is 1. The lowest BCUT2D eigenvalue weighted by Gasteiger charge is -2.32. The highest BCUT2D eigenvalue weighted by molar-refractivity contribution is 6.33. The highest BCUT2D eigenvalue weighted by atomic mass is 35.5. The van der Waals surface area contributed by atoms with E-state index in [0.29, 0.717) is 19.0 Å². The summed E-state index contributed by atoms with van der Waals surface area (Å²) < 4.78 is 13.7.